The average Bonchev–Trinajstić information content (AvgIpc) is 2.80. The highest BCUT2D eigenvalue weighted by atomic mass is 19.4. The number of nitrogens with zero attached hydrogens (tertiary/aromatic N) is 4. The van der Waals surface area contributed by atoms with Gasteiger partial charge in [0.25, 0.3) is 11.8 Å². The predicted molar refractivity (Wildman–Crippen MR) is 122 cm³/mol. The van der Waals surface area contributed by atoms with Crippen molar-refractivity contribution in [2.24, 2.45) is 16.6 Å². The van der Waals surface area contributed by atoms with Crippen molar-refractivity contribution in [2.45, 2.75) is 31.5 Å². The van der Waals surface area contributed by atoms with E-state index >= 15 is 0 Å². The molecule has 0 aliphatic carbocycles. The Kier molecular flexibility index (Phi) is 7.89. The fourth-order valence-corrected chi connectivity index (χ4v) is 3.98. The number of carbonyl (C=O) groups is 1. The lowest BCUT2D eigenvalue weighted by Gasteiger charge is -2.43. The van der Waals surface area contributed by atoms with Crippen molar-refractivity contribution in [2.75, 3.05) is 25.5 Å². The van der Waals surface area contributed by atoms with Gasteiger partial charge in [0, 0.05) is 31.8 Å². The molecule has 1 saturated heterocycles. The standard InChI is InChI=1S/C23H24F6N6O/c1-13-7-22(25,26)12-35(17(13)9-33-19-11-32-18(10-34-19)23(27,28)29)21(36)20(30)16(8-31-2)14-3-5-15(24)6-4-14/h3-6,8,10-11,13,17H,7,9,12,30H2,1-2H3,(H,33,34). The molecule has 2 unspecified atom stereocenters. The van der Waals surface area contributed by atoms with E-state index in [1.807, 2.05) is 0 Å². The van der Waals surface area contributed by atoms with Crippen LogP contribution in [0.5, 0.6) is 0 Å². The number of anilines is 1. The fraction of sp³-hybridized carbons (Fsp3) is 0.391. The lowest BCUT2D eigenvalue weighted by Crippen LogP contribution is -2.58. The van der Waals surface area contributed by atoms with Gasteiger partial charge in [0.2, 0.25) is 0 Å². The zero-order chi connectivity index (χ0) is 26.7. The number of hydrogen-bond donors (Lipinski definition) is 2. The van der Waals surface area contributed by atoms with E-state index in [2.05, 4.69) is 20.3 Å². The van der Waals surface area contributed by atoms with Crippen LogP contribution in [0.25, 0.3) is 5.57 Å². The van der Waals surface area contributed by atoms with Crippen LogP contribution in [-0.4, -0.2) is 59.1 Å². The third kappa shape index (κ3) is 6.32. The number of piperidine rings is 1. The Morgan fingerprint density at radius 2 is 1.92 bits per heavy atom. The summed E-state index contributed by atoms with van der Waals surface area (Å²) in [6, 6.07) is 4.27. The molecule has 13 heteroatoms. The molecule has 0 spiro atoms. The summed E-state index contributed by atoms with van der Waals surface area (Å²) >= 11 is 0. The largest absolute Gasteiger partial charge is 0.434 e. The van der Waals surface area contributed by atoms with Crippen LogP contribution in [0.2, 0.25) is 0 Å². The Morgan fingerprint density at radius 3 is 2.47 bits per heavy atom. The number of aromatic nitrogens is 2. The van der Waals surface area contributed by atoms with Gasteiger partial charge < -0.3 is 16.0 Å². The number of amides is 1. The number of hydrogen-bond acceptors (Lipinski definition) is 6. The summed E-state index contributed by atoms with van der Waals surface area (Å²) in [6.45, 7) is 0.526. The van der Waals surface area contributed by atoms with Crippen LogP contribution >= 0.6 is 0 Å². The van der Waals surface area contributed by atoms with Crippen molar-refractivity contribution in [1.82, 2.24) is 14.9 Å². The number of aliphatic imine (C=N–C) groups is 1. The number of halogens is 6. The van der Waals surface area contributed by atoms with Crippen molar-refractivity contribution in [3.8, 4) is 0 Å². The SMILES string of the molecule is CN=CC(=C(N)C(=O)N1CC(F)(F)CC(C)C1CNc1cnc(C(F)(F)F)cn1)c1ccc(F)cc1. The molecule has 3 rings (SSSR count). The van der Waals surface area contributed by atoms with Gasteiger partial charge in [-0.1, -0.05) is 19.1 Å². The van der Waals surface area contributed by atoms with E-state index in [1.165, 1.54) is 32.3 Å². The number of carbonyl (C=O) groups excluding carboxylic acids is 1. The molecule has 36 heavy (non-hydrogen) atoms. The zero-order valence-electron chi connectivity index (χ0n) is 19.4. The fourth-order valence-electron chi connectivity index (χ4n) is 3.98. The second-order valence-corrected chi connectivity index (χ2v) is 8.42. The second kappa shape index (κ2) is 10.5. The van der Waals surface area contributed by atoms with E-state index in [0.29, 0.717) is 11.8 Å². The first kappa shape index (κ1) is 27.0. The van der Waals surface area contributed by atoms with E-state index in [9.17, 15) is 31.1 Å². The van der Waals surface area contributed by atoms with Gasteiger partial charge in [0.05, 0.1) is 25.0 Å². The van der Waals surface area contributed by atoms with E-state index in [1.54, 1.807) is 0 Å². The summed E-state index contributed by atoms with van der Waals surface area (Å²) < 4.78 is 80.4. The van der Waals surface area contributed by atoms with Crippen molar-refractivity contribution in [3.63, 3.8) is 0 Å². The molecule has 2 atom stereocenters. The molecule has 2 heterocycles. The van der Waals surface area contributed by atoms with Crippen molar-refractivity contribution in [3.05, 3.63) is 59.4 Å². The van der Waals surface area contributed by atoms with Crippen LogP contribution in [-0.2, 0) is 11.0 Å². The molecule has 1 amide bonds. The molecular weight excluding hydrogens is 490 g/mol. The van der Waals surface area contributed by atoms with E-state index in [4.69, 9.17) is 5.73 Å². The maximum Gasteiger partial charge on any atom is 0.434 e. The summed E-state index contributed by atoms with van der Waals surface area (Å²) in [5.74, 6) is -5.30. The summed E-state index contributed by atoms with van der Waals surface area (Å²) in [4.78, 5) is 25.1. The van der Waals surface area contributed by atoms with Gasteiger partial charge in [0.1, 0.15) is 17.3 Å². The monoisotopic (exact) mass is 514 g/mol. The predicted octanol–water partition coefficient (Wildman–Crippen LogP) is 3.99. The molecule has 1 aromatic carbocycles. The molecule has 7 nitrogen and oxygen atoms in total. The number of nitrogens with two attached hydrogens (primary N) is 1. The molecule has 1 aliphatic rings. The van der Waals surface area contributed by atoms with Gasteiger partial charge in [-0.05, 0) is 23.6 Å². The number of alkyl halides is 5. The first-order chi connectivity index (χ1) is 16.8. The molecule has 1 aliphatic heterocycles. The summed E-state index contributed by atoms with van der Waals surface area (Å²) in [5, 5.41) is 2.76. The van der Waals surface area contributed by atoms with E-state index in [0.717, 1.165) is 23.2 Å². The van der Waals surface area contributed by atoms with Crippen LogP contribution in [0.4, 0.5) is 32.2 Å². The normalized spacial score (nSPS) is 20.8. The Balaban J connectivity index is 1.89. The number of nitrogens with one attached hydrogen (secondary N) is 1. The minimum atomic E-state index is -4.66. The van der Waals surface area contributed by atoms with Crippen LogP contribution in [0.15, 0.2) is 47.3 Å². The number of rotatable bonds is 6. The zero-order valence-corrected chi connectivity index (χ0v) is 19.4. The quantitative estimate of drug-likeness (QED) is 0.345. The number of benzene rings is 1. The molecule has 0 saturated carbocycles. The van der Waals surface area contributed by atoms with Crippen LogP contribution in [0.1, 0.15) is 24.6 Å². The van der Waals surface area contributed by atoms with E-state index < -0.39 is 54.4 Å². The van der Waals surface area contributed by atoms with E-state index in [-0.39, 0.29) is 23.6 Å². The first-order valence-electron chi connectivity index (χ1n) is 10.8. The molecule has 1 aromatic heterocycles. The van der Waals surface area contributed by atoms with Gasteiger partial charge in [0.15, 0.2) is 5.69 Å². The maximum atomic E-state index is 14.5. The van der Waals surface area contributed by atoms with Gasteiger partial charge >= 0.3 is 6.18 Å². The topological polar surface area (TPSA) is 96.5 Å². The van der Waals surface area contributed by atoms with Gasteiger partial charge in [-0.15, -0.1) is 0 Å². The van der Waals surface area contributed by atoms with Crippen molar-refractivity contribution < 1.29 is 31.1 Å². The minimum Gasteiger partial charge on any atom is -0.394 e. The molecule has 0 bridgehead atoms. The minimum absolute atomic E-state index is 0.0198. The van der Waals surface area contributed by atoms with Crippen molar-refractivity contribution >= 4 is 23.5 Å². The summed E-state index contributed by atoms with van der Waals surface area (Å²) in [5.41, 5.74) is 5.06. The van der Waals surface area contributed by atoms with Crippen LogP contribution in [0.3, 0.4) is 0 Å². The Morgan fingerprint density at radius 1 is 1.25 bits per heavy atom. The maximum absolute atomic E-state index is 14.5. The Hall–Kier alpha value is -3.64. The molecule has 2 aromatic rings. The average molecular weight is 514 g/mol. The lowest BCUT2D eigenvalue weighted by atomic mass is 9.88. The third-order valence-electron chi connectivity index (χ3n) is 5.71. The summed E-state index contributed by atoms with van der Waals surface area (Å²) in [6.07, 6.45) is -2.48. The molecular formula is C23H24F6N6O. The highest BCUT2D eigenvalue weighted by Gasteiger charge is 2.46. The van der Waals surface area contributed by atoms with Gasteiger partial charge in [-0.2, -0.15) is 13.2 Å². The first-order valence-corrected chi connectivity index (χ1v) is 10.8. The molecule has 194 valence electrons. The molecule has 3 N–H and O–H groups in total. The number of likely N-dealkylation sites (tertiary alicyclic amines) is 1. The second-order valence-electron chi connectivity index (χ2n) is 8.42. The van der Waals surface area contributed by atoms with Crippen LogP contribution < -0.4 is 11.1 Å². The smallest absolute Gasteiger partial charge is 0.394 e. The van der Waals surface area contributed by atoms with Crippen molar-refractivity contribution in [1.29, 1.82) is 0 Å². The lowest BCUT2D eigenvalue weighted by molar-refractivity contribution is -0.148. The van der Waals surface area contributed by atoms with Gasteiger partial charge in [-0.3, -0.25) is 9.79 Å². The number of allylic oxidation sites excluding steroid dienone is 1. The Labute approximate surface area is 203 Å². The third-order valence-corrected chi connectivity index (χ3v) is 5.71. The highest BCUT2D eigenvalue weighted by molar-refractivity contribution is 6.18. The molecule has 1 fully saturated rings. The summed E-state index contributed by atoms with van der Waals surface area (Å²) in [7, 11) is 1.43. The Bertz CT molecular complexity index is 1130. The van der Waals surface area contributed by atoms with Crippen LogP contribution in [0, 0.1) is 11.7 Å². The van der Waals surface area contributed by atoms with Gasteiger partial charge in [-0.25, -0.2) is 23.1 Å². The highest BCUT2D eigenvalue weighted by Crippen LogP contribution is 2.35. The molecule has 0 radical (unpaired) electrons.